The number of nitrogens with one attached hydrogen (secondary N) is 1. The lowest BCUT2D eigenvalue weighted by molar-refractivity contribution is -0.121. The van der Waals surface area contributed by atoms with Crippen LogP contribution in [0.25, 0.3) is 0 Å². The number of anilines is 2. The van der Waals surface area contributed by atoms with E-state index in [0.29, 0.717) is 29.6 Å². The molecule has 3 aromatic rings. The number of amides is 2. The van der Waals surface area contributed by atoms with Crippen molar-refractivity contribution in [1.82, 2.24) is 0 Å². The number of imide groups is 1. The number of aryl methyl sites for hydroxylation is 1. The third kappa shape index (κ3) is 6.80. The number of hydrogen-bond donors (Lipinski definition) is 2. The van der Waals surface area contributed by atoms with Crippen molar-refractivity contribution in [2.24, 2.45) is 10.1 Å². The molecule has 4 rings (SSSR count). The number of rotatable bonds is 8. The Morgan fingerprint density at radius 2 is 1.71 bits per heavy atom. The normalized spacial score (nSPS) is 16.1. The number of aliphatic imine (C=N–C) groups is 1. The first-order valence-corrected chi connectivity index (χ1v) is 14.2. The van der Waals surface area contributed by atoms with Crippen molar-refractivity contribution >= 4 is 50.1 Å². The van der Waals surface area contributed by atoms with Crippen LogP contribution in [0, 0.1) is 6.92 Å². The molecule has 0 spiro atoms. The van der Waals surface area contributed by atoms with E-state index in [1.807, 2.05) is 31.2 Å². The number of methoxy groups -OCH3 is 1. The van der Waals surface area contributed by atoms with E-state index < -0.39 is 15.3 Å². The van der Waals surface area contributed by atoms with Crippen LogP contribution in [0.3, 0.4) is 0 Å². The molecule has 3 N–H and O–H groups in total. The number of primary sulfonamides is 1. The van der Waals surface area contributed by atoms with Crippen LogP contribution in [0.5, 0.6) is 5.75 Å². The van der Waals surface area contributed by atoms with Gasteiger partial charge < -0.3 is 10.1 Å². The number of sulfonamides is 1. The van der Waals surface area contributed by atoms with Crippen molar-refractivity contribution < 1.29 is 22.7 Å². The Bertz CT molecular complexity index is 1440. The largest absolute Gasteiger partial charge is 0.497 e. The third-order valence-corrected chi connectivity index (χ3v) is 7.94. The molecule has 1 aliphatic heterocycles. The van der Waals surface area contributed by atoms with Gasteiger partial charge in [0.25, 0.3) is 0 Å². The predicted octanol–water partition coefficient (Wildman–Crippen LogP) is 3.73. The fourth-order valence-electron chi connectivity index (χ4n) is 3.83. The van der Waals surface area contributed by atoms with Crippen LogP contribution in [-0.4, -0.2) is 44.3 Å². The molecule has 38 heavy (non-hydrogen) atoms. The maximum atomic E-state index is 13.2. The number of nitrogens with two attached hydrogens (primary N) is 1. The highest BCUT2D eigenvalue weighted by atomic mass is 32.2. The molecule has 0 radical (unpaired) electrons. The Kier molecular flexibility index (Phi) is 8.50. The number of amidine groups is 1. The zero-order valence-corrected chi connectivity index (χ0v) is 22.6. The number of benzene rings is 3. The van der Waals surface area contributed by atoms with Gasteiger partial charge in [0.1, 0.15) is 11.0 Å². The van der Waals surface area contributed by atoms with Gasteiger partial charge in [-0.15, -0.1) is 0 Å². The maximum Gasteiger partial charge on any atom is 0.247 e. The van der Waals surface area contributed by atoms with Gasteiger partial charge in [0.2, 0.25) is 21.8 Å². The van der Waals surface area contributed by atoms with Crippen LogP contribution in [0.4, 0.5) is 11.4 Å². The lowest BCUT2D eigenvalue weighted by Gasteiger charge is -2.16. The number of nitrogens with zero attached hydrogens (tertiary/aromatic N) is 2. The van der Waals surface area contributed by atoms with Crippen molar-refractivity contribution in [2.75, 3.05) is 23.9 Å². The lowest BCUT2D eigenvalue weighted by atomic mass is 10.1. The van der Waals surface area contributed by atoms with E-state index in [2.05, 4.69) is 10.3 Å². The molecule has 1 aliphatic rings. The van der Waals surface area contributed by atoms with Gasteiger partial charge in [0.05, 0.1) is 17.7 Å². The minimum Gasteiger partial charge on any atom is -0.497 e. The molecule has 1 unspecified atom stereocenters. The highest BCUT2D eigenvalue weighted by Gasteiger charge is 2.40. The van der Waals surface area contributed by atoms with Gasteiger partial charge in [-0.1, -0.05) is 41.6 Å². The van der Waals surface area contributed by atoms with Crippen LogP contribution >= 0.6 is 11.8 Å². The van der Waals surface area contributed by atoms with Gasteiger partial charge in [-0.25, -0.2) is 18.5 Å². The van der Waals surface area contributed by atoms with Crippen LogP contribution in [0.1, 0.15) is 17.5 Å². The van der Waals surface area contributed by atoms with E-state index in [-0.39, 0.29) is 23.1 Å². The summed E-state index contributed by atoms with van der Waals surface area (Å²) in [5.74, 6) is 0.0548. The number of thioether (sulfide) groups is 1. The quantitative estimate of drug-likeness (QED) is 0.247. The van der Waals surface area contributed by atoms with Crippen LogP contribution < -0.4 is 20.1 Å². The summed E-state index contributed by atoms with van der Waals surface area (Å²) in [7, 11) is -2.20. The first-order chi connectivity index (χ1) is 18.1. The summed E-state index contributed by atoms with van der Waals surface area (Å²) in [6.07, 6.45) is 0.596. The standard InChI is InChI=1S/C27H28N4O5S2/c1-18-3-7-20(8-4-18)30-27(29-16-15-19-5-13-23(14-6-19)38(28,34)35)37-24-17-25(32)31(26(24)33)21-9-11-22(36-2)12-10-21/h3-14,24H,15-17H2,1-2H3,(H,29,30)(H2,28,34,35). The highest BCUT2D eigenvalue weighted by Crippen LogP contribution is 2.31. The number of carbonyl (C=O) groups is 2. The smallest absolute Gasteiger partial charge is 0.247 e. The summed E-state index contributed by atoms with van der Waals surface area (Å²) in [6, 6.07) is 20.9. The average Bonchev–Trinajstić information content (AvgIpc) is 3.17. The third-order valence-electron chi connectivity index (χ3n) is 5.90. The summed E-state index contributed by atoms with van der Waals surface area (Å²) in [6.45, 7) is 2.37. The van der Waals surface area contributed by atoms with E-state index >= 15 is 0 Å². The Hall–Kier alpha value is -3.67. The van der Waals surface area contributed by atoms with E-state index in [0.717, 1.165) is 16.8 Å². The highest BCUT2D eigenvalue weighted by molar-refractivity contribution is 8.15. The molecule has 9 nitrogen and oxygen atoms in total. The van der Waals surface area contributed by atoms with Gasteiger partial charge >= 0.3 is 0 Å². The van der Waals surface area contributed by atoms with E-state index in [9.17, 15) is 18.0 Å². The number of ether oxygens (including phenoxy) is 1. The molecule has 2 amide bonds. The van der Waals surface area contributed by atoms with E-state index in [1.165, 1.54) is 28.8 Å². The van der Waals surface area contributed by atoms with E-state index in [1.54, 1.807) is 43.5 Å². The Labute approximate surface area is 226 Å². The Morgan fingerprint density at radius 3 is 2.32 bits per heavy atom. The zero-order valence-electron chi connectivity index (χ0n) is 21.0. The Morgan fingerprint density at radius 1 is 1.05 bits per heavy atom. The topological polar surface area (TPSA) is 131 Å². The van der Waals surface area contributed by atoms with Gasteiger partial charge in [-0.05, 0) is 67.4 Å². The van der Waals surface area contributed by atoms with Crippen molar-refractivity contribution in [3.63, 3.8) is 0 Å². The van der Waals surface area contributed by atoms with Crippen molar-refractivity contribution in [1.29, 1.82) is 0 Å². The second kappa shape index (κ2) is 11.8. The minimum absolute atomic E-state index is 0.0489. The molecule has 1 fully saturated rings. The van der Waals surface area contributed by atoms with Crippen LogP contribution in [0.15, 0.2) is 82.7 Å². The van der Waals surface area contributed by atoms with Crippen LogP contribution in [-0.2, 0) is 26.0 Å². The van der Waals surface area contributed by atoms with Gasteiger partial charge in [-0.2, -0.15) is 0 Å². The average molecular weight is 553 g/mol. The predicted molar refractivity (Wildman–Crippen MR) is 150 cm³/mol. The van der Waals surface area contributed by atoms with Gasteiger partial charge in [0, 0.05) is 18.7 Å². The SMILES string of the molecule is COc1ccc(N2C(=O)CC(SC(=NCCc3ccc(S(N)(=O)=O)cc3)Nc3ccc(C)cc3)C2=O)cc1. The lowest BCUT2D eigenvalue weighted by Crippen LogP contribution is -2.31. The fraction of sp³-hybridized carbons (Fsp3) is 0.222. The van der Waals surface area contributed by atoms with E-state index in [4.69, 9.17) is 9.88 Å². The fourth-order valence-corrected chi connectivity index (χ4v) is 5.39. The first kappa shape index (κ1) is 27.4. The molecule has 1 atom stereocenters. The summed E-state index contributed by atoms with van der Waals surface area (Å²) < 4.78 is 28.1. The second-order valence-corrected chi connectivity index (χ2v) is 11.4. The molecule has 198 valence electrons. The molecule has 11 heteroatoms. The molecular weight excluding hydrogens is 524 g/mol. The van der Waals surface area contributed by atoms with Gasteiger partial charge in [-0.3, -0.25) is 14.6 Å². The Balaban J connectivity index is 1.49. The number of carbonyl (C=O) groups excluding carboxylic acids is 2. The van der Waals surface area contributed by atoms with Crippen molar-refractivity contribution in [3.05, 3.63) is 83.9 Å². The molecule has 0 aromatic heterocycles. The summed E-state index contributed by atoms with van der Waals surface area (Å²) in [4.78, 5) is 31.9. The molecule has 0 saturated carbocycles. The zero-order chi connectivity index (χ0) is 27.3. The summed E-state index contributed by atoms with van der Waals surface area (Å²) in [5, 5.41) is 8.32. The summed E-state index contributed by atoms with van der Waals surface area (Å²) in [5.41, 5.74) is 3.30. The van der Waals surface area contributed by atoms with Crippen LogP contribution in [0.2, 0.25) is 0 Å². The monoisotopic (exact) mass is 552 g/mol. The maximum absolute atomic E-state index is 13.2. The summed E-state index contributed by atoms with van der Waals surface area (Å²) >= 11 is 1.22. The molecule has 0 bridgehead atoms. The molecule has 1 heterocycles. The minimum atomic E-state index is -3.75. The first-order valence-electron chi connectivity index (χ1n) is 11.8. The van der Waals surface area contributed by atoms with Gasteiger partial charge in [0.15, 0.2) is 5.17 Å². The molecule has 0 aliphatic carbocycles. The number of hydrogen-bond acceptors (Lipinski definition) is 7. The second-order valence-electron chi connectivity index (χ2n) is 8.69. The van der Waals surface area contributed by atoms with Crippen molar-refractivity contribution in [2.45, 2.75) is 29.9 Å². The molecule has 1 saturated heterocycles. The molecular formula is C27H28N4O5S2. The van der Waals surface area contributed by atoms with Crippen molar-refractivity contribution in [3.8, 4) is 5.75 Å². The molecule has 3 aromatic carbocycles.